The van der Waals surface area contributed by atoms with Gasteiger partial charge < -0.3 is 5.11 Å². The normalized spacial score (nSPS) is 23.9. The molecule has 98 valence electrons. The Morgan fingerprint density at radius 3 is 2.33 bits per heavy atom. The quantitative estimate of drug-likeness (QED) is 0.751. The predicted octanol–water partition coefficient (Wildman–Crippen LogP) is 1.97. The Bertz CT molecular complexity index is 610. The molecule has 0 bridgehead atoms. The molecule has 0 spiro atoms. The van der Waals surface area contributed by atoms with Crippen molar-refractivity contribution in [2.45, 2.75) is 26.4 Å². The summed E-state index contributed by atoms with van der Waals surface area (Å²) in [6.45, 7) is 5.15. The summed E-state index contributed by atoms with van der Waals surface area (Å²) >= 11 is 0. The number of rotatable bonds is 2. The molecule has 2 aliphatic rings. The summed E-state index contributed by atoms with van der Waals surface area (Å²) in [6, 6.07) is 0. The second-order valence-corrected chi connectivity index (χ2v) is 6.61. The first-order valence-electron chi connectivity index (χ1n) is 5.63. The molecule has 4 nitrogen and oxygen atoms in total. The van der Waals surface area contributed by atoms with E-state index in [-0.39, 0.29) is 4.91 Å². The number of aliphatic hydroxyl groups is 1. The Morgan fingerprint density at radius 2 is 1.83 bits per heavy atom. The molecule has 1 unspecified atom stereocenters. The van der Waals surface area contributed by atoms with Crippen LogP contribution in [0, 0.1) is 5.92 Å². The highest BCUT2D eigenvalue weighted by molar-refractivity contribution is 7.89. The maximum Gasteiger partial charge on any atom is 0.291 e. The van der Waals surface area contributed by atoms with E-state index >= 15 is 0 Å². The number of hydrogen-bond donors (Lipinski definition) is 2. The molecule has 0 aromatic carbocycles. The molecular formula is C13H16O4S. The van der Waals surface area contributed by atoms with Gasteiger partial charge >= 0.3 is 0 Å². The van der Waals surface area contributed by atoms with Crippen molar-refractivity contribution in [1.29, 1.82) is 0 Å². The van der Waals surface area contributed by atoms with E-state index in [9.17, 15) is 18.1 Å². The highest BCUT2D eigenvalue weighted by Gasteiger charge is 2.35. The van der Waals surface area contributed by atoms with Crippen LogP contribution in [-0.2, 0) is 10.1 Å². The molecule has 0 radical (unpaired) electrons. The average molecular weight is 268 g/mol. The van der Waals surface area contributed by atoms with Gasteiger partial charge in [0.1, 0.15) is 0 Å². The van der Waals surface area contributed by atoms with Crippen molar-refractivity contribution < 1.29 is 18.1 Å². The molecule has 2 aliphatic carbocycles. The first kappa shape index (κ1) is 13.3. The fourth-order valence-corrected chi connectivity index (χ4v) is 3.15. The Hall–Kier alpha value is -1.17. The van der Waals surface area contributed by atoms with Gasteiger partial charge in [0.25, 0.3) is 10.1 Å². The van der Waals surface area contributed by atoms with Crippen molar-refractivity contribution >= 4 is 10.1 Å². The van der Waals surface area contributed by atoms with Crippen LogP contribution in [0.4, 0.5) is 0 Å². The standard InChI is InChI=1S/C13H16O4S/c1-8-6-10(13(2,3)14)7-9-4-5-11(12(8)9)18(15,16)17/h4-7,12,14H,1-3H3,(H,15,16,17). The van der Waals surface area contributed by atoms with Crippen LogP contribution in [0.5, 0.6) is 0 Å². The Kier molecular flexibility index (Phi) is 2.88. The zero-order valence-electron chi connectivity index (χ0n) is 10.5. The van der Waals surface area contributed by atoms with Crippen LogP contribution >= 0.6 is 0 Å². The Morgan fingerprint density at radius 1 is 1.22 bits per heavy atom. The second kappa shape index (κ2) is 3.91. The zero-order valence-corrected chi connectivity index (χ0v) is 11.3. The van der Waals surface area contributed by atoms with Crippen molar-refractivity contribution in [1.82, 2.24) is 0 Å². The largest absolute Gasteiger partial charge is 0.386 e. The molecular weight excluding hydrogens is 252 g/mol. The summed E-state index contributed by atoms with van der Waals surface area (Å²) < 4.78 is 31.7. The molecule has 18 heavy (non-hydrogen) atoms. The van der Waals surface area contributed by atoms with E-state index in [0.29, 0.717) is 0 Å². The first-order chi connectivity index (χ1) is 8.10. The van der Waals surface area contributed by atoms with Gasteiger partial charge in [-0.05, 0) is 38.0 Å². The highest BCUT2D eigenvalue weighted by Crippen LogP contribution is 2.41. The minimum Gasteiger partial charge on any atom is -0.386 e. The lowest BCUT2D eigenvalue weighted by Gasteiger charge is -2.27. The molecule has 5 heteroatoms. The van der Waals surface area contributed by atoms with Gasteiger partial charge in [-0.1, -0.05) is 23.8 Å². The molecule has 2 N–H and O–H groups in total. The van der Waals surface area contributed by atoms with Gasteiger partial charge in [0.2, 0.25) is 0 Å². The number of fused-ring (bicyclic) bond motifs is 1. The van der Waals surface area contributed by atoms with Gasteiger partial charge in [-0.3, -0.25) is 4.55 Å². The van der Waals surface area contributed by atoms with E-state index in [2.05, 4.69) is 0 Å². The van der Waals surface area contributed by atoms with Gasteiger partial charge in [-0.2, -0.15) is 8.42 Å². The Balaban J connectivity index is 2.45. The summed E-state index contributed by atoms with van der Waals surface area (Å²) in [7, 11) is -4.18. The van der Waals surface area contributed by atoms with E-state index in [4.69, 9.17) is 0 Å². The molecule has 0 saturated heterocycles. The van der Waals surface area contributed by atoms with Crippen LogP contribution in [0.15, 0.2) is 45.9 Å². The van der Waals surface area contributed by atoms with E-state index in [1.54, 1.807) is 39.0 Å². The van der Waals surface area contributed by atoms with Crippen molar-refractivity contribution in [3.63, 3.8) is 0 Å². The third kappa shape index (κ3) is 2.21. The van der Waals surface area contributed by atoms with Gasteiger partial charge in [-0.25, -0.2) is 0 Å². The van der Waals surface area contributed by atoms with E-state index in [1.165, 1.54) is 6.08 Å². The zero-order chi connectivity index (χ0) is 13.7. The van der Waals surface area contributed by atoms with Gasteiger partial charge in [-0.15, -0.1) is 0 Å². The van der Waals surface area contributed by atoms with E-state index in [0.717, 1.165) is 16.7 Å². The summed E-state index contributed by atoms with van der Waals surface area (Å²) in [4.78, 5) is -0.00250. The third-order valence-corrected chi connectivity index (χ3v) is 4.19. The monoisotopic (exact) mass is 268 g/mol. The van der Waals surface area contributed by atoms with Crippen LogP contribution in [0.1, 0.15) is 20.8 Å². The summed E-state index contributed by atoms with van der Waals surface area (Å²) in [6.07, 6.45) is 6.62. The smallest absolute Gasteiger partial charge is 0.291 e. The maximum absolute atomic E-state index is 11.3. The molecule has 0 fully saturated rings. The molecule has 0 heterocycles. The van der Waals surface area contributed by atoms with Crippen molar-refractivity contribution in [2.24, 2.45) is 5.92 Å². The van der Waals surface area contributed by atoms with Crippen LogP contribution < -0.4 is 0 Å². The van der Waals surface area contributed by atoms with Crippen LogP contribution in [0.25, 0.3) is 0 Å². The van der Waals surface area contributed by atoms with Gasteiger partial charge in [0.15, 0.2) is 0 Å². The lowest BCUT2D eigenvalue weighted by Crippen LogP contribution is -2.25. The molecule has 2 rings (SSSR count). The molecule has 0 aromatic heterocycles. The Labute approximate surface area is 107 Å². The molecule has 0 aliphatic heterocycles. The summed E-state index contributed by atoms with van der Waals surface area (Å²) in [5, 5.41) is 9.98. The van der Waals surface area contributed by atoms with Gasteiger partial charge in [0.05, 0.1) is 10.5 Å². The number of hydrogen-bond acceptors (Lipinski definition) is 3. The van der Waals surface area contributed by atoms with Crippen molar-refractivity contribution in [2.75, 3.05) is 0 Å². The molecule has 0 aromatic rings. The van der Waals surface area contributed by atoms with Crippen LogP contribution in [0.3, 0.4) is 0 Å². The summed E-state index contributed by atoms with van der Waals surface area (Å²) in [5.41, 5.74) is 1.32. The minimum absolute atomic E-state index is 0.00250. The van der Waals surface area contributed by atoms with Crippen LogP contribution in [-0.4, -0.2) is 23.7 Å². The lowest BCUT2D eigenvalue weighted by atomic mass is 9.82. The van der Waals surface area contributed by atoms with E-state index < -0.39 is 21.6 Å². The average Bonchev–Trinajstić information content (AvgIpc) is 2.59. The third-order valence-electron chi connectivity index (χ3n) is 3.22. The minimum atomic E-state index is -4.18. The fourth-order valence-electron chi connectivity index (χ4n) is 2.29. The second-order valence-electron chi connectivity index (χ2n) is 5.19. The van der Waals surface area contributed by atoms with Gasteiger partial charge in [0, 0.05) is 5.92 Å². The predicted molar refractivity (Wildman–Crippen MR) is 69.3 cm³/mol. The van der Waals surface area contributed by atoms with Crippen molar-refractivity contribution in [3.05, 3.63) is 45.9 Å². The fraction of sp³-hybridized carbons (Fsp3) is 0.385. The maximum atomic E-state index is 11.3. The first-order valence-corrected chi connectivity index (χ1v) is 7.07. The topological polar surface area (TPSA) is 74.6 Å². The van der Waals surface area contributed by atoms with Crippen molar-refractivity contribution in [3.8, 4) is 0 Å². The highest BCUT2D eigenvalue weighted by atomic mass is 32.2. The molecule has 1 atom stereocenters. The summed E-state index contributed by atoms with van der Waals surface area (Å²) in [5.74, 6) is -0.425. The van der Waals surface area contributed by atoms with Crippen LogP contribution in [0.2, 0.25) is 0 Å². The van der Waals surface area contributed by atoms with E-state index in [1.807, 2.05) is 0 Å². The molecule has 0 saturated carbocycles. The lowest BCUT2D eigenvalue weighted by molar-refractivity contribution is 0.123. The SMILES string of the molecule is CC1=CC(C(C)(C)O)=CC2=CC=C(S(=O)(=O)O)C12. The molecule has 0 amide bonds. The number of allylic oxidation sites excluding steroid dienone is 6.